The van der Waals surface area contributed by atoms with Crippen molar-refractivity contribution in [2.75, 3.05) is 12.4 Å². The Balaban J connectivity index is 1.74. The van der Waals surface area contributed by atoms with Crippen molar-refractivity contribution in [1.29, 1.82) is 0 Å². The molecule has 1 amide bonds. The Labute approximate surface area is 149 Å². The zero-order chi connectivity index (χ0) is 16.9. The summed E-state index contributed by atoms with van der Waals surface area (Å²) in [5.74, 6) is 0.532. The van der Waals surface area contributed by atoms with Crippen LogP contribution in [0.4, 0.5) is 5.69 Å². The van der Waals surface area contributed by atoms with Crippen LogP contribution in [0.15, 0.2) is 77.3 Å². The average Bonchev–Trinajstić information content (AvgIpc) is 2.63. The van der Waals surface area contributed by atoms with Crippen LogP contribution in [0.5, 0.6) is 5.75 Å². The number of anilines is 1. The predicted molar refractivity (Wildman–Crippen MR) is 101 cm³/mol. The fourth-order valence-electron chi connectivity index (χ4n) is 2.39. The molecule has 0 unspecified atom stereocenters. The number of benzene rings is 3. The maximum atomic E-state index is 12.3. The van der Waals surface area contributed by atoms with Gasteiger partial charge in [-0.1, -0.05) is 42.5 Å². The summed E-state index contributed by atoms with van der Waals surface area (Å²) in [5, 5.41) is 2.90. The molecule has 0 aliphatic carbocycles. The molecule has 4 heteroatoms. The Kier molecular flexibility index (Phi) is 4.96. The van der Waals surface area contributed by atoms with E-state index in [2.05, 4.69) is 33.4 Å². The van der Waals surface area contributed by atoms with Crippen molar-refractivity contribution in [1.82, 2.24) is 0 Å². The summed E-state index contributed by atoms with van der Waals surface area (Å²) >= 11 is 3.39. The largest absolute Gasteiger partial charge is 0.496 e. The smallest absolute Gasteiger partial charge is 0.255 e. The van der Waals surface area contributed by atoms with E-state index in [1.165, 1.54) is 0 Å². The first-order valence-corrected chi connectivity index (χ1v) is 8.27. The lowest BCUT2D eigenvalue weighted by Crippen LogP contribution is -2.11. The van der Waals surface area contributed by atoms with E-state index in [9.17, 15) is 4.79 Å². The number of hydrogen-bond acceptors (Lipinski definition) is 2. The van der Waals surface area contributed by atoms with Crippen LogP contribution in [0.3, 0.4) is 0 Å². The number of halogens is 1. The molecule has 0 aliphatic rings. The lowest BCUT2D eigenvalue weighted by molar-refractivity contribution is 0.102. The number of ether oxygens (including phenoxy) is 1. The van der Waals surface area contributed by atoms with Gasteiger partial charge in [0.25, 0.3) is 5.91 Å². The third kappa shape index (κ3) is 3.66. The molecule has 0 atom stereocenters. The van der Waals surface area contributed by atoms with Gasteiger partial charge in [0.2, 0.25) is 0 Å². The second-order valence-corrected chi connectivity index (χ2v) is 6.10. The maximum absolute atomic E-state index is 12.3. The first-order valence-electron chi connectivity index (χ1n) is 7.48. The van der Waals surface area contributed by atoms with E-state index in [1.54, 1.807) is 25.3 Å². The highest BCUT2D eigenvalue weighted by Crippen LogP contribution is 2.26. The first kappa shape index (κ1) is 16.3. The van der Waals surface area contributed by atoms with Crippen LogP contribution >= 0.6 is 15.9 Å². The molecule has 0 radical (unpaired) electrons. The molecule has 3 aromatic rings. The van der Waals surface area contributed by atoms with Crippen molar-refractivity contribution >= 4 is 27.5 Å². The number of nitrogens with one attached hydrogen (secondary N) is 1. The summed E-state index contributed by atoms with van der Waals surface area (Å²) in [4.78, 5) is 12.3. The quantitative estimate of drug-likeness (QED) is 0.658. The first-order chi connectivity index (χ1) is 11.7. The highest BCUT2D eigenvalue weighted by Gasteiger charge is 2.09. The lowest BCUT2D eigenvalue weighted by atomic mass is 10.1. The van der Waals surface area contributed by atoms with E-state index >= 15 is 0 Å². The summed E-state index contributed by atoms with van der Waals surface area (Å²) < 4.78 is 5.92. The van der Waals surface area contributed by atoms with Crippen molar-refractivity contribution in [2.45, 2.75) is 0 Å². The average molecular weight is 382 g/mol. The van der Waals surface area contributed by atoms with E-state index in [0.29, 0.717) is 11.3 Å². The SMILES string of the molecule is COc1ccc(C(=O)Nc2ccc(-c3ccccc3)cc2)cc1Br. The molecule has 0 spiro atoms. The molecule has 0 bridgehead atoms. The van der Waals surface area contributed by atoms with E-state index in [-0.39, 0.29) is 5.91 Å². The molecule has 0 fully saturated rings. The number of rotatable bonds is 4. The summed E-state index contributed by atoms with van der Waals surface area (Å²) in [5.41, 5.74) is 3.58. The van der Waals surface area contributed by atoms with Crippen molar-refractivity contribution in [3.05, 3.63) is 82.8 Å². The molecule has 0 saturated carbocycles. The Morgan fingerprint density at radius 3 is 2.21 bits per heavy atom. The van der Waals surface area contributed by atoms with Gasteiger partial charge in [-0.05, 0) is 57.4 Å². The van der Waals surface area contributed by atoms with Gasteiger partial charge in [0.05, 0.1) is 11.6 Å². The van der Waals surface area contributed by atoms with E-state index in [4.69, 9.17) is 4.74 Å². The van der Waals surface area contributed by atoms with Gasteiger partial charge in [-0.15, -0.1) is 0 Å². The van der Waals surface area contributed by atoms with Crippen LogP contribution in [-0.2, 0) is 0 Å². The second-order valence-electron chi connectivity index (χ2n) is 5.25. The minimum absolute atomic E-state index is 0.161. The van der Waals surface area contributed by atoms with Gasteiger partial charge in [-0.25, -0.2) is 0 Å². The van der Waals surface area contributed by atoms with Crippen molar-refractivity contribution in [3.63, 3.8) is 0 Å². The Morgan fingerprint density at radius 1 is 0.917 bits per heavy atom. The third-order valence-corrected chi connectivity index (χ3v) is 4.28. The molecule has 3 aromatic carbocycles. The van der Waals surface area contributed by atoms with Crippen molar-refractivity contribution < 1.29 is 9.53 Å². The van der Waals surface area contributed by atoms with Crippen LogP contribution in [0.1, 0.15) is 10.4 Å². The molecule has 1 N–H and O–H groups in total. The molecular formula is C20H16BrNO2. The highest BCUT2D eigenvalue weighted by molar-refractivity contribution is 9.10. The van der Waals surface area contributed by atoms with E-state index < -0.39 is 0 Å². The number of carbonyl (C=O) groups excluding carboxylic acids is 1. The van der Waals surface area contributed by atoms with Crippen molar-refractivity contribution in [2.24, 2.45) is 0 Å². The second kappa shape index (κ2) is 7.32. The van der Waals surface area contributed by atoms with Gasteiger partial charge in [-0.3, -0.25) is 4.79 Å². The fourth-order valence-corrected chi connectivity index (χ4v) is 2.93. The topological polar surface area (TPSA) is 38.3 Å². The van der Waals surface area contributed by atoms with Crippen LogP contribution in [0.25, 0.3) is 11.1 Å². The zero-order valence-corrected chi connectivity index (χ0v) is 14.7. The summed E-state index contributed by atoms with van der Waals surface area (Å²) in [6.45, 7) is 0. The van der Waals surface area contributed by atoms with E-state index in [1.807, 2.05) is 42.5 Å². The van der Waals surface area contributed by atoms with Gasteiger partial charge in [0, 0.05) is 11.3 Å². The summed E-state index contributed by atoms with van der Waals surface area (Å²) in [6.07, 6.45) is 0. The fraction of sp³-hybridized carbons (Fsp3) is 0.0500. The Morgan fingerprint density at radius 2 is 1.58 bits per heavy atom. The van der Waals surface area contributed by atoms with Gasteiger partial charge < -0.3 is 10.1 Å². The Bertz CT molecular complexity index is 845. The predicted octanol–water partition coefficient (Wildman–Crippen LogP) is 5.38. The summed E-state index contributed by atoms with van der Waals surface area (Å²) in [6, 6.07) is 23.2. The molecule has 3 rings (SSSR count). The molecule has 120 valence electrons. The molecular weight excluding hydrogens is 366 g/mol. The van der Waals surface area contributed by atoms with Crippen molar-refractivity contribution in [3.8, 4) is 16.9 Å². The van der Waals surface area contributed by atoms with Crippen LogP contribution in [0.2, 0.25) is 0 Å². The molecule has 0 aromatic heterocycles. The van der Waals surface area contributed by atoms with Gasteiger partial charge in [0.1, 0.15) is 5.75 Å². The minimum Gasteiger partial charge on any atom is -0.496 e. The highest BCUT2D eigenvalue weighted by atomic mass is 79.9. The number of hydrogen-bond donors (Lipinski definition) is 1. The number of methoxy groups -OCH3 is 1. The Hall–Kier alpha value is -2.59. The molecule has 0 saturated heterocycles. The summed E-state index contributed by atoms with van der Waals surface area (Å²) in [7, 11) is 1.59. The maximum Gasteiger partial charge on any atom is 0.255 e. The van der Waals surface area contributed by atoms with Gasteiger partial charge >= 0.3 is 0 Å². The normalized spacial score (nSPS) is 10.2. The van der Waals surface area contributed by atoms with Gasteiger partial charge in [-0.2, -0.15) is 0 Å². The molecule has 3 nitrogen and oxygen atoms in total. The van der Waals surface area contributed by atoms with Gasteiger partial charge in [0.15, 0.2) is 0 Å². The molecule has 0 heterocycles. The third-order valence-electron chi connectivity index (χ3n) is 3.66. The molecule has 24 heavy (non-hydrogen) atoms. The molecule has 0 aliphatic heterocycles. The lowest BCUT2D eigenvalue weighted by Gasteiger charge is -2.09. The number of carbonyl (C=O) groups is 1. The van der Waals surface area contributed by atoms with Crippen LogP contribution in [-0.4, -0.2) is 13.0 Å². The standard InChI is InChI=1S/C20H16BrNO2/c1-24-19-12-9-16(13-18(19)21)20(23)22-17-10-7-15(8-11-17)14-5-3-2-4-6-14/h2-13H,1H3,(H,22,23). The van der Waals surface area contributed by atoms with E-state index in [0.717, 1.165) is 21.3 Å². The minimum atomic E-state index is -0.161. The monoisotopic (exact) mass is 381 g/mol. The van der Waals surface area contributed by atoms with Crippen LogP contribution < -0.4 is 10.1 Å². The number of amides is 1. The van der Waals surface area contributed by atoms with Crippen LogP contribution in [0, 0.1) is 0 Å². The zero-order valence-electron chi connectivity index (χ0n) is 13.1.